The predicted octanol–water partition coefficient (Wildman–Crippen LogP) is 4.64. The number of aryl methyl sites for hydroxylation is 2. The molecule has 3 aliphatic heterocycles. The van der Waals surface area contributed by atoms with Crippen molar-refractivity contribution < 1.29 is 19.1 Å². The van der Waals surface area contributed by atoms with Crippen molar-refractivity contribution in [2.75, 3.05) is 23.8 Å². The van der Waals surface area contributed by atoms with Crippen molar-refractivity contribution in [3.05, 3.63) is 81.8 Å². The lowest BCUT2D eigenvalue weighted by molar-refractivity contribution is -0.116. The van der Waals surface area contributed by atoms with E-state index in [1.54, 1.807) is 0 Å². The van der Waals surface area contributed by atoms with Crippen LogP contribution in [0.15, 0.2) is 60.7 Å². The third-order valence-corrected chi connectivity index (χ3v) is 7.69. The summed E-state index contributed by atoms with van der Waals surface area (Å²) in [4.78, 5) is 25.0. The summed E-state index contributed by atoms with van der Waals surface area (Å²) in [6, 6.07) is 14.9. The number of fused-ring (bicyclic) bond motifs is 2. The molecule has 0 radical (unpaired) electrons. The predicted molar refractivity (Wildman–Crippen MR) is 154 cm³/mol. The summed E-state index contributed by atoms with van der Waals surface area (Å²) in [5.74, 6) is 1.14. The van der Waals surface area contributed by atoms with E-state index >= 15 is 0 Å². The molecular formula is C28H28N6O4S2. The average molecular weight is 577 g/mol. The Hall–Kier alpha value is -4.16. The van der Waals surface area contributed by atoms with Crippen molar-refractivity contribution in [2.24, 2.45) is 0 Å². The molecule has 2 amide bonds. The number of carbonyl (C=O) groups is 2. The van der Waals surface area contributed by atoms with E-state index < -0.39 is 0 Å². The fourth-order valence-corrected chi connectivity index (χ4v) is 5.49. The number of hydrogen-bond donors (Lipinski definition) is 2. The Balaban J connectivity index is 1.22. The highest BCUT2D eigenvalue weighted by Crippen LogP contribution is 2.21. The molecule has 5 heterocycles. The first-order valence-corrected chi connectivity index (χ1v) is 14.6. The van der Waals surface area contributed by atoms with Gasteiger partial charge in [-0.3, -0.25) is 9.59 Å². The molecule has 0 atom stereocenters. The minimum Gasteiger partial charge on any atom is -0.490 e. The summed E-state index contributed by atoms with van der Waals surface area (Å²) in [5.41, 5.74) is 1.76. The SMILES string of the molecule is O=C1Cc2ccc(cc2)OC/C=C/COc2ccc(cc2)CC(=O)Nc2nnc(s2)CCCCc2nnc(s2)N1. The summed E-state index contributed by atoms with van der Waals surface area (Å²) in [5, 5.41) is 25.0. The number of anilines is 2. The van der Waals surface area contributed by atoms with Gasteiger partial charge in [0.2, 0.25) is 22.1 Å². The van der Waals surface area contributed by atoms with Gasteiger partial charge in [0.1, 0.15) is 34.7 Å². The topological polar surface area (TPSA) is 128 Å². The molecule has 0 saturated heterocycles. The Morgan fingerprint density at radius 1 is 0.600 bits per heavy atom. The first-order valence-electron chi connectivity index (χ1n) is 12.9. The van der Waals surface area contributed by atoms with E-state index in [0.29, 0.717) is 35.0 Å². The van der Waals surface area contributed by atoms with Crippen LogP contribution in [0.25, 0.3) is 0 Å². The standard InChI is InChI=1S/C28H28N6O4S2/c35-23-17-19-7-11-21(12-8-19)37-15-3-4-16-38-22-13-9-20(10-14-22)18-24(36)30-28-34-32-26(40-28)6-2-1-5-25-31-33-27(29-23)39-25/h3-4,7-14H,1-2,5-6,15-18H2,(H,29,33,35)(H,30,34,36)/b4-3+. The molecule has 0 spiro atoms. The summed E-state index contributed by atoms with van der Waals surface area (Å²) in [7, 11) is 0. The van der Waals surface area contributed by atoms with E-state index in [1.165, 1.54) is 22.7 Å². The molecular weight excluding hydrogens is 548 g/mol. The van der Waals surface area contributed by atoms with Crippen molar-refractivity contribution in [1.82, 2.24) is 20.4 Å². The molecule has 2 aromatic heterocycles. The van der Waals surface area contributed by atoms with E-state index in [4.69, 9.17) is 9.47 Å². The van der Waals surface area contributed by atoms with Gasteiger partial charge in [0.15, 0.2) is 0 Å². The number of rotatable bonds is 0. The number of nitrogens with one attached hydrogen (secondary N) is 2. The molecule has 0 unspecified atom stereocenters. The monoisotopic (exact) mass is 576 g/mol. The molecule has 7 rings (SSSR count). The molecule has 0 aliphatic carbocycles. The Kier molecular flexibility index (Phi) is 9.43. The molecule has 0 fully saturated rings. The van der Waals surface area contributed by atoms with Crippen molar-refractivity contribution in [1.29, 1.82) is 0 Å². The first-order chi connectivity index (χ1) is 19.6. The van der Waals surface area contributed by atoms with Gasteiger partial charge in [0, 0.05) is 12.8 Å². The molecule has 8 bridgehead atoms. The van der Waals surface area contributed by atoms with Crippen molar-refractivity contribution in [2.45, 2.75) is 38.5 Å². The maximum Gasteiger partial charge on any atom is 0.230 e. The van der Waals surface area contributed by atoms with Crippen LogP contribution in [0.2, 0.25) is 0 Å². The Morgan fingerprint density at radius 3 is 1.45 bits per heavy atom. The molecule has 4 aromatic rings. The zero-order valence-electron chi connectivity index (χ0n) is 21.7. The number of carbonyl (C=O) groups excluding carboxylic acids is 2. The van der Waals surface area contributed by atoms with Crippen LogP contribution in [-0.4, -0.2) is 45.4 Å². The Labute approximate surface area is 239 Å². The zero-order valence-corrected chi connectivity index (χ0v) is 23.3. The summed E-state index contributed by atoms with van der Waals surface area (Å²) >= 11 is 2.77. The van der Waals surface area contributed by atoms with Gasteiger partial charge in [-0.25, -0.2) is 0 Å². The quantitative estimate of drug-likeness (QED) is 0.290. The van der Waals surface area contributed by atoms with Gasteiger partial charge in [-0.2, -0.15) is 0 Å². The number of aromatic nitrogens is 4. The molecule has 2 aromatic carbocycles. The number of benzene rings is 2. The number of nitrogens with zero attached hydrogens (tertiary/aromatic N) is 4. The van der Waals surface area contributed by atoms with Crippen LogP contribution in [0.5, 0.6) is 11.5 Å². The van der Waals surface area contributed by atoms with Gasteiger partial charge >= 0.3 is 0 Å². The number of amides is 2. The molecule has 2 N–H and O–H groups in total. The van der Waals surface area contributed by atoms with Crippen LogP contribution in [0.4, 0.5) is 10.3 Å². The van der Waals surface area contributed by atoms with E-state index in [-0.39, 0.29) is 24.7 Å². The fourth-order valence-electron chi connectivity index (χ4n) is 3.89. The van der Waals surface area contributed by atoms with Gasteiger partial charge in [-0.05, 0) is 60.4 Å². The van der Waals surface area contributed by atoms with E-state index in [2.05, 4.69) is 31.0 Å². The fraction of sp³-hybridized carbons (Fsp3) is 0.286. The van der Waals surface area contributed by atoms with E-state index in [0.717, 1.165) is 46.8 Å². The van der Waals surface area contributed by atoms with Gasteiger partial charge in [0.05, 0.1) is 12.8 Å². The van der Waals surface area contributed by atoms with Crippen LogP contribution in [0, 0.1) is 0 Å². The lowest BCUT2D eigenvalue weighted by Gasteiger charge is -2.06. The van der Waals surface area contributed by atoms with Gasteiger partial charge in [-0.15, -0.1) is 20.4 Å². The molecule has 40 heavy (non-hydrogen) atoms. The molecule has 206 valence electrons. The van der Waals surface area contributed by atoms with Crippen LogP contribution in [0.3, 0.4) is 0 Å². The molecule has 12 heteroatoms. The molecule has 3 aliphatic rings. The van der Waals surface area contributed by atoms with Crippen molar-refractivity contribution in [3.8, 4) is 11.5 Å². The van der Waals surface area contributed by atoms with Gasteiger partial charge in [-0.1, -0.05) is 46.9 Å². The van der Waals surface area contributed by atoms with Crippen molar-refractivity contribution >= 4 is 44.8 Å². The summed E-state index contributed by atoms with van der Waals surface area (Å²) < 4.78 is 11.5. The second-order valence-corrected chi connectivity index (χ2v) is 11.2. The smallest absolute Gasteiger partial charge is 0.230 e. The zero-order chi connectivity index (χ0) is 27.6. The van der Waals surface area contributed by atoms with Crippen LogP contribution in [0.1, 0.15) is 34.0 Å². The van der Waals surface area contributed by atoms with Gasteiger partial charge < -0.3 is 20.1 Å². The molecule has 0 saturated carbocycles. The minimum atomic E-state index is -0.146. The Bertz CT molecular complexity index is 1340. The van der Waals surface area contributed by atoms with Gasteiger partial charge in [0.25, 0.3) is 0 Å². The van der Waals surface area contributed by atoms with Crippen molar-refractivity contribution in [3.63, 3.8) is 0 Å². The third-order valence-electron chi connectivity index (χ3n) is 5.89. The normalized spacial score (nSPS) is 16.3. The highest BCUT2D eigenvalue weighted by Gasteiger charge is 2.12. The molecule has 10 nitrogen and oxygen atoms in total. The first kappa shape index (κ1) is 27.4. The van der Waals surface area contributed by atoms with Crippen LogP contribution in [-0.2, 0) is 35.3 Å². The number of hydrogen-bond acceptors (Lipinski definition) is 10. The van der Waals surface area contributed by atoms with E-state index in [9.17, 15) is 9.59 Å². The third kappa shape index (κ3) is 8.42. The summed E-state index contributed by atoms with van der Waals surface area (Å²) in [6.07, 6.45) is 7.55. The lowest BCUT2D eigenvalue weighted by atomic mass is 10.1. The Morgan fingerprint density at radius 2 is 1.02 bits per heavy atom. The largest absolute Gasteiger partial charge is 0.490 e. The average Bonchev–Trinajstić information content (AvgIpc) is 3.59. The maximum absolute atomic E-state index is 12.5. The minimum absolute atomic E-state index is 0.146. The highest BCUT2D eigenvalue weighted by molar-refractivity contribution is 7.15. The highest BCUT2D eigenvalue weighted by atomic mass is 32.1. The van der Waals surface area contributed by atoms with Crippen LogP contribution < -0.4 is 20.1 Å². The van der Waals surface area contributed by atoms with E-state index in [1.807, 2.05) is 60.7 Å². The second-order valence-electron chi connectivity index (χ2n) is 9.04. The lowest BCUT2D eigenvalue weighted by Crippen LogP contribution is -2.14. The second kappa shape index (κ2) is 13.8. The number of ether oxygens (including phenoxy) is 2. The summed E-state index contributed by atoms with van der Waals surface area (Å²) in [6.45, 7) is 0.791. The van der Waals surface area contributed by atoms with Crippen LogP contribution >= 0.6 is 22.7 Å². The maximum atomic E-state index is 12.5.